The number of amides is 1. The van der Waals surface area contributed by atoms with Crippen LogP contribution in [0.2, 0.25) is 0 Å². The third kappa shape index (κ3) is 6.80. The van der Waals surface area contributed by atoms with E-state index in [1.54, 1.807) is 13.2 Å². The van der Waals surface area contributed by atoms with Crippen LogP contribution in [-0.4, -0.2) is 58.4 Å². The first-order chi connectivity index (χ1) is 8.61. The molecule has 1 amide bonds. The number of methoxy groups -OCH3 is 1. The van der Waals surface area contributed by atoms with Crippen LogP contribution in [-0.2, 0) is 0 Å². The van der Waals surface area contributed by atoms with Crippen molar-refractivity contribution >= 4 is 11.8 Å². The smallest absolute Gasteiger partial charge is 0.220 e. The van der Waals surface area contributed by atoms with Crippen molar-refractivity contribution in [3.05, 3.63) is 18.2 Å². The molecule has 1 aromatic carbocycles. The molecule has 0 saturated heterocycles. The zero-order chi connectivity index (χ0) is 15.2. The number of hydrogen-bond donors (Lipinski definition) is 1. The Morgan fingerprint density at radius 1 is 1.30 bits per heavy atom. The van der Waals surface area contributed by atoms with E-state index in [9.17, 15) is 15.0 Å². The maximum atomic E-state index is 9.78. The fraction of sp³-hybridized carbons (Fsp3) is 0.462. The van der Waals surface area contributed by atoms with Crippen LogP contribution in [0, 0.1) is 0 Å². The predicted octanol–water partition coefficient (Wildman–Crippen LogP) is -2.51. The van der Waals surface area contributed by atoms with Gasteiger partial charge in [0, 0.05) is 20.2 Å². The van der Waals surface area contributed by atoms with Crippen LogP contribution in [0.15, 0.2) is 18.2 Å². The Morgan fingerprint density at radius 2 is 1.75 bits per heavy atom. The molecular formula is C13H22IN2O4-. The Balaban J connectivity index is 0. The van der Waals surface area contributed by atoms with E-state index in [0.29, 0.717) is 10.2 Å². The molecule has 1 aromatic rings. The number of carboxylic acid groups (broad SMARTS) is 1. The first-order valence-corrected chi connectivity index (χ1v) is 5.67. The molecule has 0 spiro atoms. The second kappa shape index (κ2) is 8.85. The van der Waals surface area contributed by atoms with Gasteiger partial charge in [0.1, 0.15) is 6.09 Å². The van der Waals surface area contributed by atoms with E-state index in [0.717, 1.165) is 10.6 Å². The monoisotopic (exact) mass is 397 g/mol. The van der Waals surface area contributed by atoms with E-state index in [2.05, 4.69) is 0 Å². The lowest BCUT2D eigenvalue weighted by atomic mass is 10.2. The zero-order valence-electron chi connectivity index (χ0n) is 12.7. The van der Waals surface area contributed by atoms with Crippen molar-refractivity contribution in [2.75, 3.05) is 42.3 Å². The Morgan fingerprint density at radius 3 is 2.05 bits per heavy atom. The average molecular weight is 397 g/mol. The number of ether oxygens (including phenoxy) is 1. The average Bonchev–Trinajstić information content (AvgIpc) is 2.28. The third-order valence-electron chi connectivity index (χ3n) is 2.29. The molecule has 0 saturated carbocycles. The number of hydrogen-bond acceptors (Lipinski definition) is 4. The molecule has 0 aliphatic heterocycles. The maximum absolute atomic E-state index is 9.78. The first kappa shape index (κ1) is 21.1. The number of nitrogens with zero attached hydrogens (tertiary/aromatic N) is 2. The molecule has 6 nitrogen and oxygen atoms in total. The van der Waals surface area contributed by atoms with Crippen LogP contribution < -0.4 is 38.3 Å². The summed E-state index contributed by atoms with van der Waals surface area (Å²) in [6, 6.07) is 5.50. The Labute approximate surface area is 137 Å². The highest BCUT2D eigenvalue weighted by Crippen LogP contribution is 2.37. The maximum Gasteiger partial charge on any atom is 0.220 e. The molecule has 0 aliphatic rings. The van der Waals surface area contributed by atoms with Gasteiger partial charge in [0.2, 0.25) is 5.75 Å². The Hall–Kier alpha value is -1.22. The van der Waals surface area contributed by atoms with Crippen molar-refractivity contribution in [1.82, 2.24) is 9.38 Å². The van der Waals surface area contributed by atoms with Crippen LogP contribution in [0.4, 0.5) is 10.5 Å². The summed E-state index contributed by atoms with van der Waals surface area (Å²) in [7, 11) is 10.4. The fourth-order valence-corrected chi connectivity index (χ4v) is 1.22. The minimum atomic E-state index is -1.16. The minimum absolute atomic E-state index is 0. The summed E-state index contributed by atoms with van der Waals surface area (Å²) in [6.07, 6.45) is -1.16. The number of quaternary nitrogens is 1. The van der Waals surface area contributed by atoms with Crippen LogP contribution in [0.25, 0.3) is 0 Å². The number of benzene rings is 1. The highest BCUT2D eigenvalue weighted by atomic mass is 127. The number of para-hydroxylation sites is 1. The predicted molar refractivity (Wildman–Crippen MR) is 73.3 cm³/mol. The largest absolute Gasteiger partial charge is 1.00 e. The van der Waals surface area contributed by atoms with Crippen LogP contribution in [0.5, 0.6) is 11.5 Å². The number of phenolic OH excluding ortho intramolecular Hbond substituents is 1. The lowest BCUT2D eigenvalue weighted by molar-refractivity contribution is -0.262. The Bertz CT molecular complexity index is 431. The standard InChI is InChI=1S/C10H15NO2.C3H7NO2.HI/c1-11(2,3)8-6-5-7-9(13-4)10(8)12;1-4(2)3(5)6;/h5-7H,1-4H3;1-2H3,(H,5,6);1H/p-1. The van der Waals surface area contributed by atoms with Gasteiger partial charge >= 0.3 is 0 Å². The highest BCUT2D eigenvalue weighted by molar-refractivity contribution is 5.61. The summed E-state index contributed by atoms with van der Waals surface area (Å²) in [6.45, 7) is 0. The molecule has 0 aliphatic carbocycles. The van der Waals surface area contributed by atoms with Gasteiger partial charge in [0.25, 0.3) is 0 Å². The van der Waals surface area contributed by atoms with Crippen molar-refractivity contribution in [2.24, 2.45) is 0 Å². The van der Waals surface area contributed by atoms with Gasteiger partial charge < -0.3 is 48.6 Å². The quantitative estimate of drug-likeness (QED) is 0.442. The molecule has 7 heteroatoms. The first-order valence-electron chi connectivity index (χ1n) is 5.67. The lowest BCUT2D eigenvalue weighted by Gasteiger charge is -2.24. The number of halogens is 1. The Kier molecular flexibility index (Phi) is 9.33. The number of phenols is 1. The van der Waals surface area contributed by atoms with Gasteiger partial charge in [-0.3, -0.25) is 4.48 Å². The summed E-state index contributed by atoms with van der Waals surface area (Å²) >= 11 is 0. The van der Waals surface area contributed by atoms with Crippen molar-refractivity contribution in [3.8, 4) is 11.5 Å². The van der Waals surface area contributed by atoms with Gasteiger partial charge in [0.05, 0.1) is 28.3 Å². The van der Waals surface area contributed by atoms with E-state index in [1.807, 2.05) is 33.3 Å². The molecule has 1 N–H and O–H groups in total. The molecule has 0 unspecified atom stereocenters. The molecule has 0 aromatic heterocycles. The van der Waals surface area contributed by atoms with Gasteiger partial charge in [-0.15, -0.1) is 0 Å². The summed E-state index contributed by atoms with van der Waals surface area (Å²) in [5, 5.41) is 19.3. The van der Waals surface area contributed by atoms with Gasteiger partial charge in [-0.1, -0.05) is 6.07 Å². The zero-order valence-corrected chi connectivity index (χ0v) is 14.8. The molecule has 0 bridgehead atoms. The van der Waals surface area contributed by atoms with Crippen LogP contribution in [0.1, 0.15) is 0 Å². The molecule has 0 fully saturated rings. The van der Waals surface area contributed by atoms with Crippen LogP contribution in [0.3, 0.4) is 0 Å². The molecule has 116 valence electrons. The molecule has 20 heavy (non-hydrogen) atoms. The second-order valence-electron chi connectivity index (χ2n) is 5.00. The molecule has 1 rings (SSSR count). The normalized spacial score (nSPS) is 9.70. The lowest BCUT2D eigenvalue weighted by Crippen LogP contribution is -3.00. The van der Waals surface area contributed by atoms with Gasteiger partial charge in [-0.05, 0) is 6.07 Å². The molecular weight excluding hydrogens is 375 g/mol. The van der Waals surface area contributed by atoms with E-state index in [4.69, 9.17) is 4.74 Å². The van der Waals surface area contributed by atoms with E-state index in [-0.39, 0.29) is 29.7 Å². The van der Waals surface area contributed by atoms with Crippen molar-refractivity contribution in [1.29, 1.82) is 0 Å². The molecule has 0 heterocycles. The van der Waals surface area contributed by atoms with Gasteiger partial charge in [-0.25, -0.2) is 0 Å². The van der Waals surface area contributed by atoms with Crippen molar-refractivity contribution < 1.29 is 43.7 Å². The summed E-state index contributed by atoms with van der Waals surface area (Å²) < 4.78 is 5.59. The second-order valence-corrected chi connectivity index (χ2v) is 5.00. The SMILES string of the molecule is CN(C)C(=O)[O-].COc1cccc([N+](C)(C)C)c1O.[I-]. The van der Waals surface area contributed by atoms with E-state index < -0.39 is 6.09 Å². The fourth-order valence-electron chi connectivity index (χ4n) is 1.22. The number of rotatable bonds is 2. The summed E-state index contributed by atoms with van der Waals surface area (Å²) in [5.74, 6) is 0.739. The molecule has 0 radical (unpaired) electrons. The van der Waals surface area contributed by atoms with Gasteiger partial charge in [0.15, 0.2) is 11.4 Å². The van der Waals surface area contributed by atoms with Crippen molar-refractivity contribution in [2.45, 2.75) is 0 Å². The number of carbonyl (C=O) groups excluding carboxylic acids is 1. The van der Waals surface area contributed by atoms with Crippen molar-refractivity contribution in [3.63, 3.8) is 0 Å². The topological polar surface area (TPSA) is 72.8 Å². The third-order valence-corrected chi connectivity index (χ3v) is 2.29. The van der Waals surface area contributed by atoms with E-state index >= 15 is 0 Å². The van der Waals surface area contributed by atoms with Gasteiger partial charge in [-0.2, -0.15) is 0 Å². The number of carbonyl (C=O) groups is 1. The van der Waals surface area contributed by atoms with E-state index in [1.165, 1.54) is 14.1 Å². The summed E-state index contributed by atoms with van der Waals surface area (Å²) in [4.78, 5) is 10.5. The molecule has 0 atom stereocenters. The van der Waals surface area contributed by atoms with Crippen LogP contribution >= 0.6 is 0 Å². The summed E-state index contributed by atoms with van der Waals surface area (Å²) in [5.41, 5.74) is 0.847. The minimum Gasteiger partial charge on any atom is -1.00 e. The highest BCUT2D eigenvalue weighted by Gasteiger charge is 2.19. The number of aromatic hydroxyl groups is 1.